The molecule has 6 aromatic heterocycles. The molecule has 0 aliphatic carbocycles. The van der Waals surface area contributed by atoms with Crippen LogP contribution in [0.15, 0.2) is 425 Å². The Bertz CT molecular complexity index is 7680. The zero-order valence-corrected chi connectivity index (χ0v) is 64.3. The van der Waals surface area contributed by atoms with Gasteiger partial charge >= 0.3 is 0 Å². The molecule has 24 rings (SSSR count). The quantitative estimate of drug-likeness (QED) is 0.135. The van der Waals surface area contributed by atoms with Gasteiger partial charge in [-0.1, -0.05) is 323 Å². The van der Waals surface area contributed by atoms with Crippen LogP contribution in [0.3, 0.4) is 0 Å². The third kappa shape index (κ3) is 12.3. The molecule has 118 heavy (non-hydrogen) atoms. The molecule has 0 atom stereocenters. The lowest BCUT2D eigenvalue weighted by atomic mass is 9.91. The highest BCUT2D eigenvalue weighted by Gasteiger charge is 2.21. The van der Waals surface area contributed by atoms with Gasteiger partial charge < -0.3 is 9.13 Å². The molecule has 0 aliphatic heterocycles. The fourth-order valence-corrected chi connectivity index (χ4v) is 19.1. The molecule has 24 aromatic rings. The number of aromatic nitrogens is 6. The third-order valence-corrected chi connectivity index (χ3v) is 24.4. The number of pyridine rings is 2. The van der Waals surface area contributed by atoms with Gasteiger partial charge in [-0.3, -0.25) is 15.0 Å². The van der Waals surface area contributed by atoms with Crippen LogP contribution in [0.5, 0.6) is 0 Å². The molecule has 6 heterocycles. The van der Waals surface area contributed by atoms with Gasteiger partial charge in [-0.15, -0.1) is 11.3 Å². The maximum atomic E-state index is 5.22. The van der Waals surface area contributed by atoms with Gasteiger partial charge in [-0.05, 0) is 179 Å². The topological polar surface area (TPSA) is 61.4 Å². The van der Waals surface area contributed by atoms with Crippen LogP contribution >= 0.6 is 11.3 Å². The first-order chi connectivity index (χ1) is 58.1. The van der Waals surface area contributed by atoms with E-state index in [9.17, 15) is 0 Å². The van der Waals surface area contributed by atoms with Crippen molar-refractivity contribution < 1.29 is 0 Å². The minimum absolute atomic E-state index is 0. The number of hydrogen-bond acceptors (Lipinski definition) is 5. The molecule has 18 aromatic carbocycles. The Hall–Kier alpha value is -15.3. The molecule has 0 spiro atoms. The van der Waals surface area contributed by atoms with Crippen molar-refractivity contribution >= 4 is 140 Å². The Balaban J connectivity index is 0.000000114. The van der Waals surface area contributed by atoms with Crippen molar-refractivity contribution in [3.63, 3.8) is 0 Å². The molecule has 0 unspecified atom stereocenters. The number of nitrogens with zero attached hydrogens (tertiary/aromatic N) is 6. The molecule has 554 valence electrons. The van der Waals surface area contributed by atoms with E-state index in [1.165, 1.54) is 158 Å². The number of hydrogen-bond donors (Lipinski definition) is 0. The van der Waals surface area contributed by atoms with Crippen LogP contribution in [0.1, 0.15) is 7.43 Å². The van der Waals surface area contributed by atoms with E-state index in [4.69, 9.17) is 9.97 Å². The average Bonchev–Trinajstić information content (AvgIpc) is 1.38. The van der Waals surface area contributed by atoms with E-state index in [0.29, 0.717) is 0 Å². The Morgan fingerprint density at radius 1 is 0.203 bits per heavy atom. The molecule has 0 fully saturated rings. The van der Waals surface area contributed by atoms with Crippen molar-refractivity contribution in [2.24, 2.45) is 0 Å². The van der Waals surface area contributed by atoms with E-state index in [1.54, 1.807) is 0 Å². The van der Waals surface area contributed by atoms with E-state index in [-0.39, 0.29) is 7.43 Å². The zero-order chi connectivity index (χ0) is 77.3. The summed E-state index contributed by atoms with van der Waals surface area (Å²) < 4.78 is 7.41. The Labute approximate surface area is 686 Å². The molecule has 7 heteroatoms. The van der Waals surface area contributed by atoms with Gasteiger partial charge in [0.15, 0.2) is 0 Å². The number of thiophene rings is 1. The van der Waals surface area contributed by atoms with E-state index in [1.807, 2.05) is 42.1 Å². The van der Waals surface area contributed by atoms with Crippen molar-refractivity contribution in [3.05, 3.63) is 425 Å². The van der Waals surface area contributed by atoms with Gasteiger partial charge in [0.25, 0.3) is 0 Å². The molecule has 0 N–H and O–H groups in total. The molecule has 0 amide bonds. The molecule has 0 bridgehead atoms. The summed E-state index contributed by atoms with van der Waals surface area (Å²) in [4.78, 5) is 19.5. The lowest BCUT2D eigenvalue weighted by Crippen LogP contribution is -1.93. The average molecular weight is 1520 g/mol. The maximum absolute atomic E-state index is 5.22. The molecule has 0 radical (unpaired) electrons. The maximum Gasteiger partial charge on any atom is 0.0979 e. The highest BCUT2D eigenvalue weighted by Crippen LogP contribution is 2.45. The Kier molecular flexibility index (Phi) is 17.9. The highest BCUT2D eigenvalue weighted by atomic mass is 32.1. The molecule has 0 saturated carbocycles. The lowest BCUT2D eigenvalue weighted by molar-refractivity contribution is 1.18. The van der Waals surface area contributed by atoms with Crippen molar-refractivity contribution in [3.8, 4) is 89.4 Å². The van der Waals surface area contributed by atoms with Gasteiger partial charge in [0.2, 0.25) is 0 Å². The SMILES string of the molecule is C.c1cc(-c2cccc(-c3cccc4c3sc3ccccc34)c2)cc(-c2cnc3c4ccccc4c4ccccc4c3n2)c1.c1ccc(-c2ccnc3c2ccc2c(-c4ccccc4)ccnc23)cc1.c1ccc(-n2c3ccccc3c3cc(-c4ccc(-c5ccc6c(c5)c5ccccc5n6-c5ccccc5)c5ccccc45)ccc32)cc1. The number of benzene rings is 18. The number of fused-ring (bicyclic) bond motifs is 19. The molecule has 0 saturated heterocycles. The van der Waals surface area contributed by atoms with Crippen LogP contribution in [0, 0.1) is 0 Å². The van der Waals surface area contributed by atoms with Gasteiger partial charge in [-0.25, -0.2) is 4.98 Å². The second kappa shape index (κ2) is 29.9. The first-order valence-corrected chi connectivity index (χ1v) is 40.5. The number of rotatable bonds is 9. The van der Waals surface area contributed by atoms with Crippen LogP contribution in [-0.2, 0) is 0 Å². The van der Waals surface area contributed by atoms with Crippen molar-refractivity contribution in [1.29, 1.82) is 0 Å². The van der Waals surface area contributed by atoms with E-state index in [2.05, 4.69) is 413 Å². The minimum atomic E-state index is 0. The standard InChI is InChI=1S/C46H30N2.C40H24N2S.C24H16N2.CH4/c1-3-13-33(14-4-1)47-43-21-11-9-19-39(43)41-29-31(23-27-45(41)47)35-25-26-36(38-18-8-7-17-37(35)38)32-24-28-46-42(30-32)40-20-10-12-22-44(40)48(46)34-15-5-2-6-16-34;1-3-17-33-30(14-1)31-15-2-4-18-34(31)39-38(33)41-24-36(42-39)28-13-8-11-26(23-28)25-10-7-12-27(22-25)29-19-9-20-35-32-16-5-6-21-37(32)43-40(29)35;1-3-7-17(8-4-1)19-13-15-25-23-21(19)11-12-22-20(14-16-26-24(22)23)18-9-5-2-6-10-18;/h1-30H;1-24H;1-16H;1H4. The van der Waals surface area contributed by atoms with Gasteiger partial charge in [0, 0.05) is 92.6 Å². The minimum Gasteiger partial charge on any atom is -0.309 e. The van der Waals surface area contributed by atoms with E-state index < -0.39 is 0 Å². The first kappa shape index (κ1) is 70.6. The van der Waals surface area contributed by atoms with Crippen LogP contribution < -0.4 is 0 Å². The van der Waals surface area contributed by atoms with Gasteiger partial charge in [0.05, 0.1) is 56.0 Å². The fraction of sp³-hybridized carbons (Fsp3) is 0.00901. The second-order valence-electron chi connectivity index (χ2n) is 29.8. The van der Waals surface area contributed by atoms with Gasteiger partial charge in [-0.2, -0.15) is 0 Å². The van der Waals surface area contributed by atoms with Crippen molar-refractivity contribution in [2.75, 3.05) is 0 Å². The van der Waals surface area contributed by atoms with Gasteiger partial charge in [0.1, 0.15) is 0 Å². The van der Waals surface area contributed by atoms with Crippen LogP contribution in [0.2, 0.25) is 0 Å². The summed E-state index contributed by atoms with van der Waals surface area (Å²) in [5, 5.41) is 17.2. The molecule has 6 nitrogen and oxygen atoms in total. The van der Waals surface area contributed by atoms with E-state index >= 15 is 0 Å². The summed E-state index contributed by atoms with van der Waals surface area (Å²) in [7, 11) is 0. The Morgan fingerprint density at radius 2 is 0.576 bits per heavy atom. The zero-order valence-electron chi connectivity index (χ0n) is 63.5. The summed E-state index contributed by atoms with van der Waals surface area (Å²) in [5.41, 5.74) is 27.5. The van der Waals surface area contributed by atoms with Crippen molar-refractivity contribution in [1.82, 2.24) is 29.1 Å². The fourth-order valence-electron chi connectivity index (χ4n) is 17.8. The summed E-state index contributed by atoms with van der Waals surface area (Å²) in [6.07, 6.45) is 5.67. The highest BCUT2D eigenvalue weighted by molar-refractivity contribution is 7.26. The second-order valence-corrected chi connectivity index (χ2v) is 30.9. The molecule has 0 aliphatic rings. The van der Waals surface area contributed by atoms with Crippen LogP contribution in [-0.4, -0.2) is 29.1 Å². The largest absolute Gasteiger partial charge is 0.309 e. The van der Waals surface area contributed by atoms with Crippen LogP contribution in [0.25, 0.3) is 218 Å². The third-order valence-electron chi connectivity index (χ3n) is 23.2. The normalized spacial score (nSPS) is 11.5. The summed E-state index contributed by atoms with van der Waals surface area (Å²) >= 11 is 1.87. The molecular weight excluding hydrogens is 1450 g/mol. The summed E-state index contributed by atoms with van der Waals surface area (Å²) in [5.74, 6) is 0. The predicted molar refractivity (Wildman–Crippen MR) is 502 cm³/mol. The van der Waals surface area contributed by atoms with E-state index in [0.717, 1.165) is 60.4 Å². The smallest absolute Gasteiger partial charge is 0.0979 e. The predicted octanol–water partition coefficient (Wildman–Crippen LogP) is 30.4. The summed E-state index contributed by atoms with van der Waals surface area (Å²) in [6, 6.07) is 145. The molecular formula is C111H74N6S. The van der Waals surface area contributed by atoms with Crippen LogP contribution in [0.4, 0.5) is 0 Å². The Morgan fingerprint density at radius 3 is 1.11 bits per heavy atom. The monoisotopic (exact) mass is 1520 g/mol. The summed E-state index contributed by atoms with van der Waals surface area (Å²) in [6.45, 7) is 0. The van der Waals surface area contributed by atoms with Crippen molar-refractivity contribution in [2.45, 2.75) is 7.43 Å². The lowest BCUT2D eigenvalue weighted by Gasteiger charge is -2.13. The first-order valence-electron chi connectivity index (χ1n) is 39.7. The number of para-hydroxylation sites is 4.